The molecule has 2 aliphatic rings. The van der Waals surface area contributed by atoms with Crippen molar-refractivity contribution in [1.29, 1.82) is 0 Å². The molecule has 0 saturated carbocycles. The summed E-state index contributed by atoms with van der Waals surface area (Å²) in [7, 11) is 0. The number of benzene rings is 1. The van der Waals surface area contributed by atoms with Crippen molar-refractivity contribution in [3.8, 4) is 0 Å². The van der Waals surface area contributed by atoms with E-state index in [1.54, 1.807) is 0 Å². The summed E-state index contributed by atoms with van der Waals surface area (Å²) in [6.07, 6.45) is 1.66. The van der Waals surface area contributed by atoms with E-state index in [0.29, 0.717) is 12.2 Å². The number of nitrogens with one attached hydrogen (secondary N) is 1. The molecule has 1 fully saturated rings. The van der Waals surface area contributed by atoms with E-state index in [1.807, 2.05) is 24.3 Å². The molecule has 2 aromatic rings. The number of nitrogens with zero attached hydrogens (tertiary/aromatic N) is 1. The van der Waals surface area contributed by atoms with Gasteiger partial charge in [-0.3, -0.25) is 4.79 Å². The average Bonchev–Trinajstić information content (AvgIpc) is 2.77. The largest absolute Gasteiger partial charge is 0.479 e. The maximum Gasteiger partial charge on any atom is 0.332 e. The number of carbonyl (C=O) groups is 2. The maximum atomic E-state index is 12.5. The number of carboxylic acids is 1. The Morgan fingerprint density at radius 3 is 2.86 bits per heavy atom. The molecule has 2 N–H and O–H groups in total. The van der Waals surface area contributed by atoms with Crippen molar-refractivity contribution in [1.82, 2.24) is 9.88 Å². The third-order valence-electron chi connectivity index (χ3n) is 4.42. The van der Waals surface area contributed by atoms with Gasteiger partial charge in [-0.05, 0) is 24.5 Å². The number of rotatable bonds is 1. The van der Waals surface area contributed by atoms with Crippen molar-refractivity contribution in [3.05, 3.63) is 35.5 Å². The van der Waals surface area contributed by atoms with Gasteiger partial charge in [0.25, 0.3) is 0 Å². The van der Waals surface area contributed by atoms with Gasteiger partial charge in [0.1, 0.15) is 0 Å². The number of aromatic nitrogens is 1. The molecule has 4 rings (SSSR count). The van der Waals surface area contributed by atoms with Gasteiger partial charge < -0.3 is 15.0 Å². The molecule has 1 aromatic heterocycles. The quantitative estimate of drug-likeness (QED) is 0.850. The Bertz CT molecular complexity index is 740. The number of carboxylic acid groups (broad SMARTS) is 1. The molecule has 110 valence electrons. The number of halogens is 1. The van der Waals surface area contributed by atoms with E-state index in [0.717, 1.165) is 29.3 Å². The summed E-state index contributed by atoms with van der Waals surface area (Å²) in [5.74, 6) is -1.20. The second-order valence-electron chi connectivity index (χ2n) is 5.47. The van der Waals surface area contributed by atoms with Crippen LogP contribution in [-0.4, -0.2) is 33.4 Å². The number of fused-ring (bicyclic) bond motifs is 6. The van der Waals surface area contributed by atoms with Crippen molar-refractivity contribution in [2.24, 2.45) is 0 Å². The summed E-state index contributed by atoms with van der Waals surface area (Å²) >= 11 is 0. The van der Waals surface area contributed by atoms with Gasteiger partial charge in [-0.15, -0.1) is 12.4 Å². The number of hydrogen-bond acceptors (Lipinski definition) is 2. The van der Waals surface area contributed by atoms with Crippen LogP contribution in [0.5, 0.6) is 0 Å². The van der Waals surface area contributed by atoms with Crippen molar-refractivity contribution < 1.29 is 14.7 Å². The summed E-state index contributed by atoms with van der Waals surface area (Å²) in [5.41, 5.74) is 2.49. The minimum Gasteiger partial charge on any atom is -0.479 e. The lowest BCUT2D eigenvalue weighted by molar-refractivity contribution is -0.154. The molecule has 1 saturated heterocycles. The van der Waals surface area contributed by atoms with E-state index >= 15 is 0 Å². The predicted molar refractivity (Wildman–Crippen MR) is 79.6 cm³/mol. The first-order chi connectivity index (χ1) is 9.68. The van der Waals surface area contributed by atoms with Crippen LogP contribution in [0.3, 0.4) is 0 Å². The summed E-state index contributed by atoms with van der Waals surface area (Å²) in [5, 5.41) is 10.5. The van der Waals surface area contributed by atoms with E-state index in [2.05, 4.69) is 4.98 Å². The number of amides is 1. The zero-order chi connectivity index (χ0) is 13.9. The van der Waals surface area contributed by atoms with Gasteiger partial charge in [-0.2, -0.15) is 0 Å². The molecule has 0 radical (unpaired) electrons. The Kier molecular flexibility index (Phi) is 3.17. The predicted octanol–water partition coefficient (Wildman–Crippen LogP) is 2.44. The average molecular weight is 307 g/mol. The van der Waals surface area contributed by atoms with Crippen LogP contribution in [0.4, 0.5) is 0 Å². The Hall–Kier alpha value is -2.01. The highest BCUT2D eigenvalue weighted by Crippen LogP contribution is 2.45. The number of carbonyl (C=O) groups excluding carboxylic acids is 1. The lowest BCUT2D eigenvalue weighted by Gasteiger charge is -2.40. The molecule has 0 spiro atoms. The standard InChI is InChI=1S/C15H14N2O3.ClH/c18-14-9-5-3-7-17(14)13(15(19)20)12-11(9)8-4-1-2-6-10(8)16-12;/h1-2,4,6,9,13,16H,3,5,7H2,(H,19,20);1H. The first kappa shape index (κ1) is 13.9. The minimum absolute atomic E-state index is 0. The Morgan fingerprint density at radius 1 is 1.33 bits per heavy atom. The zero-order valence-electron chi connectivity index (χ0n) is 11.2. The molecule has 0 aliphatic carbocycles. The molecule has 3 heterocycles. The monoisotopic (exact) mass is 306 g/mol. The fourth-order valence-corrected chi connectivity index (χ4v) is 3.61. The molecule has 2 aliphatic heterocycles. The first-order valence-corrected chi connectivity index (χ1v) is 6.82. The molecule has 2 unspecified atom stereocenters. The summed E-state index contributed by atoms with van der Waals surface area (Å²) in [6.45, 7) is 0.529. The van der Waals surface area contributed by atoms with Crippen LogP contribution in [0.15, 0.2) is 24.3 Å². The smallest absolute Gasteiger partial charge is 0.332 e. The molecule has 5 nitrogen and oxygen atoms in total. The molecular formula is C15H15ClN2O3. The van der Waals surface area contributed by atoms with Gasteiger partial charge in [0, 0.05) is 17.4 Å². The Balaban J connectivity index is 0.00000132. The maximum absolute atomic E-state index is 12.5. The van der Waals surface area contributed by atoms with Crippen molar-refractivity contribution in [2.75, 3.05) is 6.54 Å². The summed E-state index contributed by atoms with van der Waals surface area (Å²) < 4.78 is 0. The van der Waals surface area contributed by atoms with E-state index in [9.17, 15) is 14.7 Å². The molecule has 21 heavy (non-hydrogen) atoms. The lowest BCUT2D eigenvalue weighted by Crippen LogP contribution is -2.49. The molecule has 2 bridgehead atoms. The second-order valence-corrected chi connectivity index (χ2v) is 5.47. The van der Waals surface area contributed by atoms with Crippen LogP contribution in [0, 0.1) is 0 Å². The van der Waals surface area contributed by atoms with Crippen LogP contribution >= 0.6 is 12.4 Å². The highest BCUT2D eigenvalue weighted by atomic mass is 35.5. The third kappa shape index (κ3) is 1.77. The SMILES string of the molecule is Cl.O=C(O)C1c2[nH]c3ccccc3c2C2CCCN1C2=O. The van der Waals surface area contributed by atoms with E-state index in [1.165, 1.54) is 4.90 Å². The topological polar surface area (TPSA) is 73.4 Å². The fraction of sp³-hybridized carbons (Fsp3) is 0.333. The highest BCUT2D eigenvalue weighted by Gasteiger charge is 2.46. The number of aliphatic carboxylic acids is 1. The molecule has 1 amide bonds. The Morgan fingerprint density at radius 2 is 2.10 bits per heavy atom. The fourth-order valence-electron chi connectivity index (χ4n) is 3.61. The second kappa shape index (κ2) is 4.77. The normalized spacial score (nSPS) is 23.6. The third-order valence-corrected chi connectivity index (χ3v) is 4.42. The van der Waals surface area contributed by atoms with Crippen LogP contribution in [0.1, 0.15) is 36.1 Å². The van der Waals surface area contributed by atoms with E-state index < -0.39 is 12.0 Å². The Labute approximate surface area is 127 Å². The number of aromatic amines is 1. The van der Waals surface area contributed by atoms with Gasteiger partial charge in [-0.1, -0.05) is 18.2 Å². The van der Waals surface area contributed by atoms with Crippen molar-refractivity contribution >= 4 is 35.2 Å². The summed E-state index contributed by atoms with van der Waals surface area (Å²) in [6, 6.07) is 6.85. The van der Waals surface area contributed by atoms with E-state index in [-0.39, 0.29) is 24.2 Å². The molecule has 6 heteroatoms. The summed E-state index contributed by atoms with van der Waals surface area (Å²) in [4.78, 5) is 28.8. The first-order valence-electron chi connectivity index (χ1n) is 6.82. The minimum atomic E-state index is -0.966. The lowest BCUT2D eigenvalue weighted by atomic mass is 9.81. The van der Waals surface area contributed by atoms with Gasteiger partial charge in [0.15, 0.2) is 6.04 Å². The van der Waals surface area contributed by atoms with Crippen LogP contribution in [0.2, 0.25) is 0 Å². The van der Waals surface area contributed by atoms with Crippen LogP contribution in [0.25, 0.3) is 10.9 Å². The highest BCUT2D eigenvalue weighted by molar-refractivity contribution is 5.99. The van der Waals surface area contributed by atoms with Gasteiger partial charge >= 0.3 is 5.97 Å². The van der Waals surface area contributed by atoms with Crippen LogP contribution in [-0.2, 0) is 9.59 Å². The van der Waals surface area contributed by atoms with Crippen molar-refractivity contribution in [3.63, 3.8) is 0 Å². The van der Waals surface area contributed by atoms with Crippen molar-refractivity contribution in [2.45, 2.75) is 24.8 Å². The number of para-hydroxylation sites is 1. The van der Waals surface area contributed by atoms with Gasteiger partial charge in [0.2, 0.25) is 5.91 Å². The van der Waals surface area contributed by atoms with E-state index in [4.69, 9.17) is 0 Å². The molecule has 1 aromatic carbocycles. The number of hydrogen-bond donors (Lipinski definition) is 2. The van der Waals surface area contributed by atoms with Gasteiger partial charge in [-0.25, -0.2) is 4.79 Å². The number of piperidine rings is 1. The molecule has 2 atom stereocenters. The number of H-pyrrole nitrogens is 1. The zero-order valence-corrected chi connectivity index (χ0v) is 12.0. The van der Waals surface area contributed by atoms with Crippen LogP contribution < -0.4 is 0 Å². The molecular weight excluding hydrogens is 292 g/mol. The van der Waals surface area contributed by atoms with Gasteiger partial charge in [0.05, 0.1) is 11.6 Å².